The predicted molar refractivity (Wildman–Crippen MR) is 93.1 cm³/mol. The van der Waals surface area contributed by atoms with Crippen molar-refractivity contribution in [2.24, 2.45) is 0 Å². The molecule has 8 nitrogen and oxygen atoms in total. The molecule has 0 radical (unpaired) electrons. The lowest BCUT2D eigenvalue weighted by atomic mass is 10.2. The molecule has 2 aromatic rings. The molecule has 0 aliphatic heterocycles. The molecule has 0 bridgehead atoms. The Bertz CT molecular complexity index is 891. The zero-order chi connectivity index (χ0) is 21.1. The van der Waals surface area contributed by atoms with Crippen LogP contribution in [0.15, 0.2) is 24.4 Å². The smallest absolute Gasteiger partial charge is 0.433 e. The Morgan fingerprint density at radius 3 is 2.57 bits per heavy atom. The third-order valence-electron chi connectivity index (χ3n) is 3.50. The molecular formula is C16H14ClF3N4O4. The number of rotatable bonds is 5. The molecule has 2 rings (SSSR count). The van der Waals surface area contributed by atoms with Gasteiger partial charge in [-0.2, -0.15) is 13.2 Å². The van der Waals surface area contributed by atoms with E-state index in [1.54, 1.807) is 19.1 Å². The van der Waals surface area contributed by atoms with Gasteiger partial charge in [0.15, 0.2) is 0 Å². The Balaban J connectivity index is 2.65. The van der Waals surface area contributed by atoms with E-state index in [0.29, 0.717) is 22.2 Å². The van der Waals surface area contributed by atoms with Gasteiger partial charge in [-0.25, -0.2) is 9.78 Å². The van der Waals surface area contributed by atoms with Crippen LogP contribution >= 0.6 is 11.6 Å². The molecule has 0 saturated carbocycles. The van der Waals surface area contributed by atoms with Gasteiger partial charge in [-0.1, -0.05) is 17.7 Å². The number of anilines is 1. The first-order valence-corrected chi connectivity index (χ1v) is 8.20. The maximum absolute atomic E-state index is 13.1. The van der Waals surface area contributed by atoms with Crippen LogP contribution in [0.2, 0.25) is 5.15 Å². The van der Waals surface area contributed by atoms with Crippen LogP contribution in [0.25, 0.3) is 0 Å². The van der Waals surface area contributed by atoms with Gasteiger partial charge in [0.2, 0.25) is 5.15 Å². The molecule has 2 heterocycles. The molecule has 0 aromatic carbocycles. The molecule has 0 unspecified atom stereocenters. The van der Waals surface area contributed by atoms with Crippen molar-refractivity contribution in [2.45, 2.75) is 26.6 Å². The van der Waals surface area contributed by atoms with Crippen molar-refractivity contribution < 1.29 is 27.6 Å². The van der Waals surface area contributed by atoms with E-state index in [1.807, 2.05) is 0 Å². The van der Waals surface area contributed by atoms with Gasteiger partial charge in [0.25, 0.3) is 0 Å². The molecule has 0 aliphatic rings. The van der Waals surface area contributed by atoms with Crippen LogP contribution in [0, 0.1) is 17.0 Å². The van der Waals surface area contributed by atoms with Crippen LogP contribution in [0.5, 0.6) is 0 Å². The Labute approximate surface area is 162 Å². The summed E-state index contributed by atoms with van der Waals surface area (Å²) in [6.07, 6.45) is -4.62. The predicted octanol–water partition coefficient (Wildman–Crippen LogP) is 4.53. The van der Waals surface area contributed by atoms with E-state index in [0.717, 1.165) is 0 Å². The summed E-state index contributed by atoms with van der Waals surface area (Å²) in [6.45, 7) is 2.78. The van der Waals surface area contributed by atoms with Gasteiger partial charge >= 0.3 is 18.0 Å². The second-order valence-electron chi connectivity index (χ2n) is 5.51. The van der Waals surface area contributed by atoms with Crippen LogP contribution in [0.3, 0.4) is 0 Å². The van der Waals surface area contributed by atoms with E-state index in [1.165, 1.54) is 13.1 Å². The molecule has 12 heteroatoms. The monoisotopic (exact) mass is 418 g/mol. The summed E-state index contributed by atoms with van der Waals surface area (Å²) < 4.78 is 44.2. The molecule has 0 atom stereocenters. The first-order chi connectivity index (χ1) is 13.0. The van der Waals surface area contributed by atoms with Crippen LogP contribution in [-0.4, -0.2) is 27.6 Å². The van der Waals surface area contributed by atoms with Crippen LogP contribution in [-0.2, 0) is 17.5 Å². The number of carbonyl (C=O) groups is 1. The number of alkyl halides is 3. The molecule has 0 aliphatic carbocycles. The van der Waals surface area contributed by atoms with Gasteiger partial charge in [0, 0.05) is 18.0 Å². The number of aryl methyl sites for hydroxylation is 1. The number of nitro groups is 1. The third kappa shape index (κ3) is 4.85. The van der Waals surface area contributed by atoms with E-state index in [4.69, 9.17) is 16.3 Å². The highest BCUT2D eigenvalue weighted by molar-refractivity contribution is 6.32. The second-order valence-corrected chi connectivity index (χ2v) is 5.87. The number of amides is 1. The van der Waals surface area contributed by atoms with Crippen LogP contribution in [0.4, 0.5) is 29.3 Å². The number of hydrogen-bond donors (Lipinski definition) is 0. The lowest BCUT2D eigenvalue weighted by molar-refractivity contribution is -0.384. The average Bonchev–Trinajstić information content (AvgIpc) is 2.59. The minimum Gasteiger partial charge on any atom is -0.449 e. The topological polar surface area (TPSA) is 98.5 Å². The Morgan fingerprint density at radius 1 is 1.39 bits per heavy atom. The van der Waals surface area contributed by atoms with E-state index in [2.05, 4.69) is 9.97 Å². The summed E-state index contributed by atoms with van der Waals surface area (Å²) in [4.78, 5) is 30.5. The van der Waals surface area contributed by atoms with Crippen molar-refractivity contribution in [2.75, 3.05) is 11.5 Å². The molecule has 0 fully saturated rings. The molecule has 0 N–H and O–H groups in total. The van der Waals surface area contributed by atoms with E-state index >= 15 is 0 Å². The summed E-state index contributed by atoms with van der Waals surface area (Å²) in [5.74, 6) is 0. The van der Waals surface area contributed by atoms with E-state index in [9.17, 15) is 28.1 Å². The maximum atomic E-state index is 13.1. The molecule has 2 aromatic heterocycles. The number of aromatic nitrogens is 2. The highest BCUT2D eigenvalue weighted by Gasteiger charge is 2.38. The summed E-state index contributed by atoms with van der Waals surface area (Å²) in [7, 11) is 0. The van der Waals surface area contributed by atoms with Gasteiger partial charge in [0.1, 0.15) is 11.4 Å². The van der Waals surface area contributed by atoms with Gasteiger partial charge in [-0.05, 0) is 25.5 Å². The summed E-state index contributed by atoms with van der Waals surface area (Å²) in [6, 6.07) is 3.59. The average molecular weight is 419 g/mol. The number of carbonyl (C=O) groups excluding carboxylic acids is 1. The first kappa shape index (κ1) is 21.4. The van der Waals surface area contributed by atoms with Crippen molar-refractivity contribution in [1.82, 2.24) is 9.97 Å². The fraction of sp³-hybridized carbons (Fsp3) is 0.312. The SMILES string of the molecule is CCOC(=O)N(Cc1ccc(C)nc1)c1cc(C(F)(F)F)nc(Cl)c1[N+](=O)[O-]. The maximum Gasteiger partial charge on any atom is 0.433 e. The standard InChI is InChI=1S/C16H14ClF3N4O4/c1-3-28-15(25)23(8-10-5-4-9(2)21-7-10)11-6-12(16(18,19)20)22-14(17)13(11)24(26)27/h4-7H,3,8H2,1-2H3. The van der Waals surface area contributed by atoms with Crippen LogP contribution < -0.4 is 4.90 Å². The Morgan fingerprint density at radius 2 is 2.07 bits per heavy atom. The lowest BCUT2D eigenvalue weighted by Gasteiger charge is -2.23. The number of ether oxygens (including phenoxy) is 1. The van der Waals surface area contributed by atoms with Crippen molar-refractivity contribution in [3.05, 3.63) is 56.6 Å². The number of pyridine rings is 2. The summed E-state index contributed by atoms with van der Waals surface area (Å²) in [5, 5.41) is 10.4. The lowest BCUT2D eigenvalue weighted by Crippen LogP contribution is -2.32. The zero-order valence-corrected chi connectivity index (χ0v) is 15.4. The van der Waals surface area contributed by atoms with Gasteiger partial charge in [0.05, 0.1) is 18.1 Å². The fourth-order valence-corrected chi connectivity index (χ4v) is 2.50. The summed E-state index contributed by atoms with van der Waals surface area (Å²) in [5.41, 5.74) is -2.02. The fourth-order valence-electron chi connectivity index (χ4n) is 2.24. The van der Waals surface area contributed by atoms with Gasteiger partial charge in [-0.3, -0.25) is 20.0 Å². The van der Waals surface area contributed by atoms with E-state index < -0.39 is 39.4 Å². The third-order valence-corrected chi connectivity index (χ3v) is 3.76. The zero-order valence-electron chi connectivity index (χ0n) is 14.7. The quantitative estimate of drug-likeness (QED) is 0.402. The number of hydrogen-bond acceptors (Lipinski definition) is 6. The van der Waals surface area contributed by atoms with Crippen molar-refractivity contribution in [3.63, 3.8) is 0 Å². The van der Waals surface area contributed by atoms with Crippen molar-refractivity contribution in [3.8, 4) is 0 Å². The molecule has 28 heavy (non-hydrogen) atoms. The first-order valence-electron chi connectivity index (χ1n) is 7.82. The Kier molecular flexibility index (Phi) is 6.39. The van der Waals surface area contributed by atoms with Crippen molar-refractivity contribution >= 4 is 29.1 Å². The Hall–Kier alpha value is -2.95. The molecule has 150 valence electrons. The molecule has 0 spiro atoms. The van der Waals surface area contributed by atoms with E-state index in [-0.39, 0.29) is 13.2 Å². The molecular weight excluding hydrogens is 405 g/mol. The highest BCUT2D eigenvalue weighted by atomic mass is 35.5. The normalized spacial score (nSPS) is 11.2. The minimum atomic E-state index is -4.93. The summed E-state index contributed by atoms with van der Waals surface area (Å²) >= 11 is 5.64. The molecule has 1 amide bonds. The number of nitrogens with zero attached hydrogens (tertiary/aromatic N) is 4. The minimum absolute atomic E-state index is 0.0970. The van der Waals surface area contributed by atoms with Gasteiger partial charge in [-0.15, -0.1) is 0 Å². The van der Waals surface area contributed by atoms with Crippen LogP contribution in [0.1, 0.15) is 23.9 Å². The largest absolute Gasteiger partial charge is 0.449 e. The van der Waals surface area contributed by atoms with Gasteiger partial charge < -0.3 is 4.74 Å². The molecule has 0 saturated heterocycles. The number of halogens is 4. The van der Waals surface area contributed by atoms with Crippen molar-refractivity contribution in [1.29, 1.82) is 0 Å². The highest BCUT2D eigenvalue weighted by Crippen LogP contribution is 2.40. The second kappa shape index (κ2) is 8.38.